The maximum atomic E-state index is 12.2. The molecule has 0 aromatic heterocycles. The minimum Gasteiger partial charge on any atom is -0.486 e. The fraction of sp³-hybridized carbons (Fsp3) is 0.429. The highest BCUT2D eigenvalue weighted by Gasteiger charge is 2.17. The number of likely N-dealkylation sites (N-methyl/N-ethyl adjacent to an activating group) is 1. The van der Waals surface area contributed by atoms with Crippen molar-refractivity contribution in [2.45, 2.75) is 11.3 Å². The number of carbonyl (C=O) groups is 2. The number of amides is 1. The molecule has 1 aromatic rings. The van der Waals surface area contributed by atoms with Crippen LogP contribution in [0.25, 0.3) is 0 Å². The first kappa shape index (κ1) is 16.3. The quantitative estimate of drug-likeness (QED) is 0.818. The molecule has 0 spiro atoms. The third-order valence-corrected chi connectivity index (χ3v) is 4.43. The van der Waals surface area contributed by atoms with Gasteiger partial charge in [0.25, 0.3) is 0 Å². The standard InChI is InChI=1S/C14H17NO6S/c1-15(9-14(17)18)13(16)4-7-22(19)10-2-3-11-12(8-10)21-6-5-20-11/h2-3,8H,4-7,9H2,1H3,(H,17,18). The zero-order valence-corrected chi connectivity index (χ0v) is 12.9. The van der Waals surface area contributed by atoms with Gasteiger partial charge < -0.3 is 19.5 Å². The average Bonchev–Trinajstić information content (AvgIpc) is 2.51. The second-order valence-corrected chi connectivity index (χ2v) is 6.32. The minimum atomic E-state index is -1.36. The SMILES string of the molecule is CN(CC(=O)O)C(=O)CCS(=O)c1ccc2c(c1)OCCO2. The van der Waals surface area contributed by atoms with Gasteiger partial charge in [0.2, 0.25) is 5.91 Å². The van der Waals surface area contributed by atoms with E-state index in [2.05, 4.69) is 0 Å². The summed E-state index contributed by atoms with van der Waals surface area (Å²) < 4.78 is 23.0. The number of hydrogen-bond donors (Lipinski definition) is 1. The molecule has 0 fully saturated rings. The molecule has 120 valence electrons. The lowest BCUT2D eigenvalue weighted by Crippen LogP contribution is -2.32. The van der Waals surface area contributed by atoms with Gasteiger partial charge in [-0.15, -0.1) is 0 Å². The van der Waals surface area contributed by atoms with Gasteiger partial charge in [-0.1, -0.05) is 0 Å². The Morgan fingerprint density at radius 2 is 1.95 bits per heavy atom. The summed E-state index contributed by atoms with van der Waals surface area (Å²) in [4.78, 5) is 23.9. The highest BCUT2D eigenvalue weighted by Crippen LogP contribution is 2.31. The molecule has 0 aliphatic carbocycles. The van der Waals surface area contributed by atoms with E-state index in [1.807, 2.05) is 0 Å². The summed E-state index contributed by atoms with van der Waals surface area (Å²) in [7, 11) is 0.0445. The van der Waals surface area contributed by atoms with E-state index in [1.54, 1.807) is 18.2 Å². The molecule has 0 radical (unpaired) electrons. The molecular weight excluding hydrogens is 310 g/mol. The number of nitrogens with zero attached hydrogens (tertiary/aromatic N) is 1. The second-order valence-electron chi connectivity index (χ2n) is 4.75. The van der Waals surface area contributed by atoms with Gasteiger partial charge in [0, 0.05) is 30.2 Å². The topological polar surface area (TPSA) is 93.1 Å². The largest absolute Gasteiger partial charge is 0.486 e. The van der Waals surface area contributed by atoms with Crippen LogP contribution in [0, 0.1) is 0 Å². The van der Waals surface area contributed by atoms with Crippen LogP contribution in [-0.2, 0) is 20.4 Å². The van der Waals surface area contributed by atoms with Gasteiger partial charge in [-0.25, -0.2) is 0 Å². The van der Waals surface area contributed by atoms with Gasteiger partial charge in [-0.2, -0.15) is 0 Å². The summed E-state index contributed by atoms with van der Waals surface area (Å²) in [6, 6.07) is 5.02. The van der Waals surface area contributed by atoms with Crippen molar-refractivity contribution in [3.63, 3.8) is 0 Å². The third-order valence-electron chi connectivity index (χ3n) is 3.08. The van der Waals surface area contributed by atoms with Crippen molar-refractivity contribution >= 4 is 22.7 Å². The number of fused-ring (bicyclic) bond motifs is 1. The average molecular weight is 327 g/mol. The number of aliphatic carboxylic acids is 1. The number of carboxylic acids is 1. The normalized spacial score (nSPS) is 14.2. The van der Waals surface area contributed by atoms with Gasteiger partial charge in [-0.05, 0) is 12.1 Å². The zero-order chi connectivity index (χ0) is 16.1. The van der Waals surface area contributed by atoms with Crippen molar-refractivity contribution in [1.82, 2.24) is 4.90 Å². The summed E-state index contributed by atoms with van der Waals surface area (Å²) >= 11 is 0. The molecule has 8 heteroatoms. The molecule has 22 heavy (non-hydrogen) atoms. The number of benzene rings is 1. The van der Waals surface area contributed by atoms with Crippen molar-refractivity contribution in [2.75, 3.05) is 32.6 Å². The summed E-state index contributed by atoms with van der Waals surface area (Å²) in [6.07, 6.45) is 0.0187. The number of ether oxygens (including phenoxy) is 2. The molecule has 0 bridgehead atoms. The van der Waals surface area contributed by atoms with Gasteiger partial charge in [0.15, 0.2) is 11.5 Å². The molecule has 0 saturated heterocycles. The van der Waals surface area contributed by atoms with Gasteiger partial charge in [0.05, 0.1) is 10.8 Å². The van der Waals surface area contributed by atoms with Crippen molar-refractivity contribution < 1.29 is 28.4 Å². The highest BCUT2D eigenvalue weighted by molar-refractivity contribution is 7.85. The third kappa shape index (κ3) is 4.20. The predicted octanol–water partition coefficient (Wildman–Crippen LogP) is 0.498. The van der Waals surface area contributed by atoms with E-state index in [0.717, 1.165) is 4.90 Å². The Hall–Kier alpha value is -2.09. The second kappa shape index (κ2) is 7.26. The first-order valence-corrected chi connectivity index (χ1v) is 8.03. The lowest BCUT2D eigenvalue weighted by Gasteiger charge is -2.18. The number of carbonyl (C=O) groups excluding carboxylic acids is 1. The fourth-order valence-electron chi connectivity index (χ4n) is 1.95. The Morgan fingerprint density at radius 1 is 1.27 bits per heavy atom. The van der Waals surface area contributed by atoms with Crippen LogP contribution < -0.4 is 9.47 Å². The van der Waals surface area contributed by atoms with Crippen LogP contribution in [0.3, 0.4) is 0 Å². The molecular formula is C14H17NO6S. The van der Waals surface area contributed by atoms with Gasteiger partial charge in [-0.3, -0.25) is 13.8 Å². The molecule has 0 saturated carbocycles. The molecule has 1 unspecified atom stereocenters. The molecule has 2 rings (SSSR count). The van der Waals surface area contributed by atoms with E-state index in [-0.39, 0.29) is 24.6 Å². The molecule has 1 N–H and O–H groups in total. The summed E-state index contributed by atoms with van der Waals surface area (Å²) in [5, 5.41) is 8.62. The number of carboxylic acid groups (broad SMARTS) is 1. The minimum absolute atomic E-state index is 0.0187. The first-order valence-electron chi connectivity index (χ1n) is 6.71. The summed E-state index contributed by atoms with van der Waals surface area (Å²) in [5.41, 5.74) is 0. The van der Waals surface area contributed by atoms with Crippen LogP contribution in [0.15, 0.2) is 23.1 Å². The van der Waals surface area contributed by atoms with Gasteiger partial charge in [0.1, 0.15) is 19.8 Å². The smallest absolute Gasteiger partial charge is 0.323 e. The maximum Gasteiger partial charge on any atom is 0.323 e. The molecule has 1 aromatic carbocycles. The molecule has 1 atom stereocenters. The molecule has 1 heterocycles. The lowest BCUT2D eigenvalue weighted by molar-refractivity contribution is -0.143. The van der Waals surface area contributed by atoms with Crippen LogP contribution in [-0.4, -0.2) is 58.7 Å². The number of rotatable bonds is 6. The van der Waals surface area contributed by atoms with Crippen LogP contribution in [0.1, 0.15) is 6.42 Å². The van der Waals surface area contributed by atoms with E-state index in [9.17, 15) is 13.8 Å². The highest BCUT2D eigenvalue weighted by atomic mass is 32.2. The van der Waals surface area contributed by atoms with Crippen LogP contribution >= 0.6 is 0 Å². The maximum absolute atomic E-state index is 12.2. The Bertz CT molecular complexity index is 603. The molecule has 1 amide bonds. The van der Waals surface area contributed by atoms with Crippen LogP contribution in [0.2, 0.25) is 0 Å². The van der Waals surface area contributed by atoms with E-state index in [0.29, 0.717) is 29.6 Å². The Balaban J connectivity index is 1.92. The predicted molar refractivity (Wildman–Crippen MR) is 78.6 cm³/mol. The lowest BCUT2D eigenvalue weighted by atomic mass is 10.3. The molecule has 7 nitrogen and oxygen atoms in total. The van der Waals surface area contributed by atoms with Crippen LogP contribution in [0.4, 0.5) is 0 Å². The van der Waals surface area contributed by atoms with Crippen molar-refractivity contribution in [3.8, 4) is 11.5 Å². The first-order chi connectivity index (χ1) is 10.5. The fourth-order valence-corrected chi connectivity index (χ4v) is 3.00. The van der Waals surface area contributed by atoms with Crippen LogP contribution in [0.5, 0.6) is 11.5 Å². The summed E-state index contributed by atoms with van der Waals surface area (Å²) in [6.45, 7) is 0.566. The van der Waals surface area contributed by atoms with Crippen molar-refractivity contribution in [1.29, 1.82) is 0 Å². The van der Waals surface area contributed by atoms with Gasteiger partial charge >= 0.3 is 5.97 Å². The Labute approximate surface area is 130 Å². The van der Waals surface area contributed by atoms with E-state index < -0.39 is 16.8 Å². The Morgan fingerprint density at radius 3 is 2.64 bits per heavy atom. The van der Waals surface area contributed by atoms with E-state index >= 15 is 0 Å². The van der Waals surface area contributed by atoms with Crippen molar-refractivity contribution in [3.05, 3.63) is 18.2 Å². The van der Waals surface area contributed by atoms with Crippen molar-refractivity contribution in [2.24, 2.45) is 0 Å². The Kier molecular flexibility index (Phi) is 5.37. The van der Waals surface area contributed by atoms with E-state index in [4.69, 9.17) is 14.6 Å². The number of hydrogen-bond acceptors (Lipinski definition) is 5. The zero-order valence-electron chi connectivity index (χ0n) is 12.1. The monoisotopic (exact) mass is 327 g/mol. The van der Waals surface area contributed by atoms with E-state index in [1.165, 1.54) is 7.05 Å². The molecule has 1 aliphatic rings. The summed E-state index contributed by atoms with van der Waals surface area (Å²) in [5.74, 6) is -0.143. The molecule has 1 aliphatic heterocycles.